The maximum absolute atomic E-state index is 8.22. The minimum Gasteiger partial charge on any atom is -0.304 e. The van der Waals surface area contributed by atoms with E-state index in [9.17, 15) is 0 Å². The molecular formula is C8H16N2. The van der Waals surface area contributed by atoms with Crippen molar-refractivity contribution in [1.82, 2.24) is 5.32 Å². The maximum Gasteiger partial charge on any atom is 0.0841 e. The van der Waals surface area contributed by atoms with Gasteiger partial charge in [-0.25, -0.2) is 0 Å². The van der Waals surface area contributed by atoms with Crippen molar-refractivity contribution < 1.29 is 0 Å². The number of nitriles is 1. The first-order valence-electron chi connectivity index (χ1n) is 3.70. The van der Waals surface area contributed by atoms with Crippen molar-refractivity contribution in [2.45, 2.75) is 27.2 Å². The molecule has 0 amide bonds. The SMILES string of the molecule is CCC(C)(C)CNCC#N. The van der Waals surface area contributed by atoms with Gasteiger partial charge in [0.15, 0.2) is 0 Å². The summed E-state index contributed by atoms with van der Waals surface area (Å²) in [6.07, 6.45) is 1.14. The Morgan fingerprint density at radius 1 is 1.50 bits per heavy atom. The monoisotopic (exact) mass is 140 g/mol. The first-order chi connectivity index (χ1) is 4.62. The Bertz CT molecular complexity index is 122. The Balaban J connectivity index is 3.39. The summed E-state index contributed by atoms with van der Waals surface area (Å²) in [6, 6.07) is 2.05. The molecule has 2 heteroatoms. The molecule has 0 radical (unpaired) electrons. The average molecular weight is 140 g/mol. The van der Waals surface area contributed by atoms with E-state index in [0.717, 1.165) is 13.0 Å². The van der Waals surface area contributed by atoms with Crippen LogP contribution in [0, 0.1) is 16.7 Å². The summed E-state index contributed by atoms with van der Waals surface area (Å²) in [5.41, 5.74) is 0.330. The highest BCUT2D eigenvalue weighted by atomic mass is 14.9. The lowest BCUT2D eigenvalue weighted by Gasteiger charge is -2.21. The summed E-state index contributed by atoms with van der Waals surface area (Å²) in [7, 11) is 0. The van der Waals surface area contributed by atoms with E-state index in [1.807, 2.05) is 0 Å². The third-order valence-corrected chi connectivity index (χ3v) is 1.76. The lowest BCUT2D eigenvalue weighted by atomic mass is 9.90. The van der Waals surface area contributed by atoms with E-state index in [2.05, 4.69) is 32.2 Å². The molecule has 0 aliphatic carbocycles. The van der Waals surface area contributed by atoms with Crippen LogP contribution >= 0.6 is 0 Å². The summed E-state index contributed by atoms with van der Waals surface area (Å²) < 4.78 is 0. The highest BCUT2D eigenvalue weighted by Crippen LogP contribution is 2.17. The molecule has 0 aromatic heterocycles. The minimum absolute atomic E-state index is 0.330. The van der Waals surface area contributed by atoms with Gasteiger partial charge in [0.1, 0.15) is 0 Å². The Morgan fingerprint density at radius 2 is 2.10 bits per heavy atom. The Labute approximate surface area is 63.2 Å². The van der Waals surface area contributed by atoms with Gasteiger partial charge in [0.2, 0.25) is 0 Å². The van der Waals surface area contributed by atoms with Crippen LogP contribution in [0.5, 0.6) is 0 Å². The predicted molar refractivity (Wildman–Crippen MR) is 42.6 cm³/mol. The molecule has 0 atom stereocenters. The molecule has 0 saturated heterocycles. The fourth-order valence-corrected chi connectivity index (χ4v) is 0.582. The lowest BCUT2D eigenvalue weighted by molar-refractivity contribution is 0.335. The predicted octanol–water partition coefficient (Wildman–Crippen LogP) is 1.54. The third kappa shape index (κ3) is 4.34. The number of nitrogens with zero attached hydrogens (tertiary/aromatic N) is 1. The summed E-state index contributed by atoms with van der Waals surface area (Å²) in [6.45, 7) is 7.93. The quantitative estimate of drug-likeness (QED) is 0.475. The summed E-state index contributed by atoms with van der Waals surface area (Å²) in [5.74, 6) is 0. The molecule has 0 unspecified atom stereocenters. The molecule has 0 spiro atoms. The van der Waals surface area contributed by atoms with Gasteiger partial charge >= 0.3 is 0 Å². The molecular weight excluding hydrogens is 124 g/mol. The highest BCUT2D eigenvalue weighted by molar-refractivity contribution is 4.76. The molecule has 10 heavy (non-hydrogen) atoms. The molecule has 0 rings (SSSR count). The van der Waals surface area contributed by atoms with E-state index in [1.165, 1.54) is 0 Å². The summed E-state index contributed by atoms with van der Waals surface area (Å²) in [4.78, 5) is 0. The zero-order chi connectivity index (χ0) is 8.04. The van der Waals surface area contributed by atoms with Crippen molar-refractivity contribution in [3.05, 3.63) is 0 Å². The summed E-state index contributed by atoms with van der Waals surface area (Å²) in [5, 5.41) is 11.3. The number of hydrogen-bond donors (Lipinski definition) is 1. The zero-order valence-corrected chi connectivity index (χ0v) is 7.07. The van der Waals surface area contributed by atoms with E-state index in [1.54, 1.807) is 0 Å². The number of nitrogens with one attached hydrogen (secondary N) is 1. The lowest BCUT2D eigenvalue weighted by Crippen LogP contribution is -2.28. The zero-order valence-electron chi connectivity index (χ0n) is 7.07. The van der Waals surface area contributed by atoms with Crippen molar-refractivity contribution in [3.63, 3.8) is 0 Å². The van der Waals surface area contributed by atoms with Gasteiger partial charge in [0.25, 0.3) is 0 Å². The second-order valence-corrected chi connectivity index (χ2v) is 3.28. The smallest absolute Gasteiger partial charge is 0.0841 e. The van der Waals surface area contributed by atoms with Gasteiger partial charge in [0, 0.05) is 6.54 Å². The Hall–Kier alpha value is -0.550. The van der Waals surface area contributed by atoms with Crippen LogP contribution in [0.1, 0.15) is 27.2 Å². The molecule has 0 fully saturated rings. The molecule has 1 N–H and O–H groups in total. The summed E-state index contributed by atoms with van der Waals surface area (Å²) >= 11 is 0. The van der Waals surface area contributed by atoms with Crippen LogP contribution in [-0.4, -0.2) is 13.1 Å². The third-order valence-electron chi connectivity index (χ3n) is 1.76. The molecule has 0 heterocycles. The van der Waals surface area contributed by atoms with Crippen LogP contribution in [0.25, 0.3) is 0 Å². The largest absolute Gasteiger partial charge is 0.304 e. The second kappa shape index (κ2) is 4.29. The van der Waals surface area contributed by atoms with Gasteiger partial charge in [-0.1, -0.05) is 20.8 Å². The number of rotatable bonds is 4. The molecule has 58 valence electrons. The molecule has 0 bridgehead atoms. The van der Waals surface area contributed by atoms with Crippen molar-refractivity contribution >= 4 is 0 Å². The van der Waals surface area contributed by atoms with Crippen LogP contribution in [0.3, 0.4) is 0 Å². The first-order valence-corrected chi connectivity index (χ1v) is 3.70. The van der Waals surface area contributed by atoms with Crippen molar-refractivity contribution in [2.24, 2.45) is 5.41 Å². The Kier molecular flexibility index (Phi) is 4.06. The van der Waals surface area contributed by atoms with E-state index >= 15 is 0 Å². The normalized spacial score (nSPS) is 11.0. The van der Waals surface area contributed by atoms with Crippen LogP contribution in [-0.2, 0) is 0 Å². The fraction of sp³-hybridized carbons (Fsp3) is 0.875. The van der Waals surface area contributed by atoms with Crippen LogP contribution in [0.4, 0.5) is 0 Å². The molecule has 0 aromatic carbocycles. The van der Waals surface area contributed by atoms with Gasteiger partial charge < -0.3 is 5.32 Å². The van der Waals surface area contributed by atoms with Gasteiger partial charge in [-0.2, -0.15) is 5.26 Å². The van der Waals surface area contributed by atoms with Crippen molar-refractivity contribution in [2.75, 3.05) is 13.1 Å². The maximum atomic E-state index is 8.22. The fourth-order valence-electron chi connectivity index (χ4n) is 0.582. The van der Waals surface area contributed by atoms with Gasteiger partial charge in [-0.15, -0.1) is 0 Å². The van der Waals surface area contributed by atoms with Crippen LogP contribution < -0.4 is 5.32 Å². The molecule has 0 aliphatic heterocycles. The van der Waals surface area contributed by atoms with E-state index in [-0.39, 0.29) is 0 Å². The van der Waals surface area contributed by atoms with Crippen molar-refractivity contribution in [3.8, 4) is 6.07 Å². The number of hydrogen-bond acceptors (Lipinski definition) is 2. The van der Waals surface area contributed by atoms with E-state index in [4.69, 9.17) is 5.26 Å². The first kappa shape index (κ1) is 9.45. The standard InChI is InChI=1S/C8H16N2/c1-4-8(2,3)7-10-6-5-9/h10H,4,6-7H2,1-3H3. The Morgan fingerprint density at radius 3 is 2.50 bits per heavy atom. The topological polar surface area (TPSA) is 35.8 Å². The van der Waals surface area contributed by atoms with Crippen LogP contribution in [0.2, 0.25) is 0 Å². The average Bonchev–Trinajstić information content (AvgIpc) is 1.89. The second-order valence-electron chi connectivity index (χ2n) is 3.28. The molecule has 0 saturated carbocycles. The highest BCUT2D eigenvalue weighted by Gasteiger charge is 2.13. The van der Waals surface area contributed by atoms with Crippen LogP contribution in [0.15, 0.2) is 0 Å². The molecule has 2 nitrogen and oxygen atoms in total. The van der Waals surface area contributed by atoms with Crippen molar-refractivity contribution in [1.29, 1.82) is 5.26 Å². The molecule has 0 aromatic rings. The van der Waals surface area contributed by atoms with Gasteiger partial charge in [-0.3, -0.25) is 0 Å². The van der Waals surface area contributed by atoms with Gasteiger partial charge in [-0.05, 0) is 11.8 Å². The minimum atomic E-state index is 0.330. The van der Waals surface area contributed by atoms with E-state index in [0.29, 0.717) is 12.0 Å². The van der Waals surface area contributed by atoms with Gasteiger partial charge in [0.05, 0.1) is 12.6 Å². The molecule has 0 aliphatic rings. The van der Waals surface area contributed by atoms with E-state index < -0.39 is 0 Å².